The van der Waals surface area contributed by atoms with E-state index < -0.39 is 0 Å². The predicted octanol–water partition coefficient (Wildman–Crippen LogP) is 2.79. The summed E-state index contributed by atoms with van der Waals surface area (Å²) in [6, 6.07) is 3.46. The molecule has 1 aromatic carbocycles. The van der Waals surface area contributed by atoms with Gasteiger partial charge in [0.1, 0.15) is 5.75 Å². The molecule has 0 spiro atoms. The summed E-state index contributed by atoms with van der Waals surface area (Å²) in [7, 11) is 0. The van der Waals surface area contributed by atoms with Gasteiger partial charge in [0.2, 0.25) is 0 Å². The summed E-state index contributed by atoms with van der Waals surface area (Å²) in [5.74, 6) is 0.0678. The average molecular weight is 424 g/mol. The van der Waals surface area contributed by atoms with Crippen LogP contribution in [0.3, 0.4) is 0 Å². The number of aromatic hydroxyl groups is 1. The monoisotopic (exact) mass is 424 g/mol. The van der Waals surface area contributed by atoms with Crippen LogP contribution < -0.4 is 0 Å². The van der Waals surface area contributed by atoms with Crippen molar-refractivity contribution in [2.75, 3.05) is 0 Å². The number of aliphatic hydroxyl groups excluding tert-OH is 2. The second-order valence-electron chi connectivity index (χ2n) is 5.03. The number of unbranched alkanes of at least 4 members (excludes halogenated alkanes) is 5. The Morgan fingerprint density at radius 2 is 1.43 bits per heavy atom. The van der Waals surface area contributed by atoms with Gasteiger partial charge in [0.15, 0.2) is 0 Å². The van der Waals surface area contributed by atoms with E-state index >= 15 is 0 Å². The number of hydrogen-bond acceptors (Lipinski definition) is 3. The third kappa shape index (κ3) is 7.73. The van der Waals surface area contributed by atoms with Crippen molar-refractivity contribution in [2.45, 2.75) is 65.1 Å². The topological polar surface area (TPSA) is 60.7 Å². The molecule has 3 N–H and O–H groups in total. The maximum absolute atomic E-state index is 9.64. The zero-order valence-corrected chi connectivity index (χ0v) is 17.8. The summed E-state index contributed by atoms with van der Waals surface area (Å²) in [6.07, 6.45) is 8.29. The van der Waals surface area contributed by atoms with Crippen LogP contribution in [0.1, 0.15) is 62.1 Å². The summed E-state index contributed by atoms with van der Waals surface area (Å²) >= 11 is 0. The third-order valence-corrected chi connectivity index (χ3v) is 3.62. The molecule has 0 saturated carbocycles. The van der Waals surface area contributed by atoms with Gasteiger partial charge in [0.25, 0.3) is 0 Å². The van der Waals surface area contributed by atoms with Gasteiger partial charge in [-0.05, 0) is 30.0 Å². The number of benzene rings is 1. The predicted molar refractivity (Wildman–Crippen MR) is 92.8 cm³/mol. The van der Waals surface area contributed by atoms with Gasteiger partial charge in [0, 0.05) is 5.56 Å². The fourth-order valence-corrected chi connectivity index (χ4v) is 2.43. The van der Waals surface area contributed by atoms with Crippen molar-refractivity contribution in [3.8, 4) is 5.75 Å². The summed E-state index contributed by atoms with van der Waals surface area (Å²) in [6.45, 7) is 1.85. The van der Waals surface area contributed by atoms with Crippen LogP contribution in [0.25, 0.3) is 0 Å². The van der Waals surface area contributed by atoms with Crippen molar-refractivity contribution >= 4 is 36.3 Å². The molecule has 0 saturated heterocycles. The SMILES string of the molecule is CCCCCCCCc1ccc(O)c(CO)c1CO.Cl.[SnH2]. The van der Waals surface area contributed by atoms with E-state index in [0.29, 0.717) is 11.1 Å². The number of aryl methyl sites for hydroxylation is 1. The molecular weight excluding hydrogens is 394 g/mol. The zero-order chi connectivity index (χ0) is 14.1. The second kappa shape index (κ2) is 13.7. The number of hydrogen-bond donors (Lipinski definition) is 3. The van der Waals surface area contributed by atoms with Gasteiger partial charge in [-0.2, -0.15) is 0 Å². The van der Waals surface area contributed by atoms with E-state index in [1.165, 1.54) is 32.1 Å². The van der Waals surface area contributed by atoms with Crippen LogP contribution in [0.2, 0.25) is 0 Å². The Labute approximate surface area is 151 Å². The minimum atomic E-state index is -0.230. The van der Waals surface area contributed by atoms with Gasteiger partial charge in [-0.1, -0.05) is 45.1 Å². The van der Waals surface area contributed by atoms with Crippen LogP contribution in [0.15, 0.2) is 12.1 Å². The Hall–Kier alpha value is 0.0287. The first-order valence-electron chi connectivity index (χ1n) is 7.28. The van der Waals surface area contributed by atoms with Crippen molar-refractivity contribution in [3.05, 3.63) is 28.8 Å². The normalized spacial score (nSPS) is 9.86. The van der Waals surface area contributed by atoms with Crippen LogP contribution in [0.5, 0.6) is 5.75 Å². The first-order valence-corrected chi connectivity index (χ1v) is 7.28. The molecule has 0 heterocycles. The molecule has 0 amide bonds. The van der Waals surface area contributed by atoms with E-state index in [-0.39, 0.29) is 55.3 Å². The zero-order valence-electron chi connectivity index (χ0n) is 13.0. The molecule has 0 unspecified atom stereocenters. The van der Waals surface area contributed by atoms with Crippen LogP contribution in [-0.4, -0.2) is 39.2 Å². The molecule has 2 radical (unpaired) electrons. The first kappa shape index (κ1) is 23.3. The quantitative estimate of drug-likeness (QED) is 0.423. The fourth-order valence-electron chi connectivity index (χ4n) is 2.43. The molecule has 0 fully saturated rings. The van der Waals surface area contributed by atoms with E-state index in [0.717, 1.165) is 18.4 Å². The van der Waals surface area contributed by atoms with Crippen molar-refractivity contribution in [1.29, 1.82) is 0 Å². The summed E-state index contributed by atoms with van der Waals surface area (Å²) in [4.78, 5) is 0. The van der Waals surface area contributed by atoms with Gasteiger partial charge in [-0.25, -0.2) is 0 Å². The molecule has 5 heteroatoms. The van der Waals surface area contributed by atoms with Crippen molar-refractivity contribution < 1.29 is 15.3 Å². The number of phenols is 1. The van der Waals surface area contributed by atoms with E-state index in [9.17, 15) is 15.3 Å². The van der Waals surface area contributed by atoms with E-state index in [1.54, 1.807) is 6.07 Å². The van der Waals surface area contributed by atoms with Gasteiger partial charge >= 0.3 is 23.9 Å². The molecule has 0 atom stereocenters. The van der Waals surface area contributed by atoms with Gasteiger partial charge in [0.05, 0.1) is 13.2 Å². The molecule has 0 aliphatic rings. The Bertz CT molecular complexity index is 386. The number of halogens is 1. The Balaban J connectivity index is 0. The molecule has 1 aromatic rings. The Morgan fingerprint density at radius 3 is 2.00 bits per heavy atom. The van der Waals surface area contributed by atoms with Gasteiger partial charge < -0.3 is 15.3 Å². The molecule has 0 aromatic heterocycles. The molecule has 0 aliphatic heterocycles. The van der Waals surface area contributed by atoms with E-state index in [2.05, 4.69) is 6.92 Å². The third-order valence-electron chi connectivity index (χ3n) is 3.62. The molecule has 3 nitrogen and oxygen atoms in total. The summed E-state index contributed by atoms with van der Waals surface area (Å²) < 4.78 is 0. The standard InChI is InChI=1S/C16H26O3.ClH.Sn.2H/c1-2-3-4-5-6-7-8-13-9-10-16(19)15(12-18)14(13)11-17;;;;/h9-10,17-19H,2-8,11-12H2,1H3;1H;;;. The molecule has 122 valence electrons. The number of rotatable bonds is 9. The number of aliphatic hydroxyl groups is 2. The van der Waals surface area contributed by atoms with Crippen LogP contribution in [0.4, 0.5) is 0 Å². The molecule has 0 bridgehead atoms. The Morgan fingerprint density at radius 1 is 0.857 bits per heavy atom. The molecule has 0 aliphatic carbocycles. The first-order chi connectivity index (χ1) is 9.24. The van der Waals surface area contributed by atoms with Crippen molar-refractivity contribution in [1.82, 2.24) is 0 Å². The summed E-state index contributed by atoms with van der Waals surface area (Å²) in [5, 5.41) is 28.3. The van der Waals surface area contributed by atoms with Gasteiger partial charge in [-0.3, -0.25) is 0 Å². The molecule has 1 rings (SSSR count). The van der Waals surface area contributed by atoms with Crippen LogP contribution >= 0.6 is 12.4 Å². The molecular formula is C16H29ClO3Sn. The van der Waals surface area contributed by atoms with E-state index in [1.807, 2.05) is 6.07 Å². The Kier molecular flexibility index (Phi) is 15.2. The van der Waals surface area contributed by atoms with E-state index in [4.69, 9.17) is 0 Å². The fraction of sp³-hybridized carbons (Fsp3) is 0.625. The van der Waals surface area contributed by atoms with Gasteiger partial charge in [-0.15, -0.1) is 12.4 Å². The second-order valence-corrected chi connectivity index (χ2v) is 5.03. The van der Waals surface area contributed by atoms with Crippen molar-refractivity contribution in [3.63, 3.8) is 0 Å². The van der Waals surface area contributed by atoms with Crippen molar-refractivity contribution in [2.24, 2.45) is 0 Å². The maximum atomic E-state index is 9.64. The van der Waals surface area contributed by atoms with Crippen LogP contribution in [-0.2, 0) is 19.6 Å². The minimum absolute atomic E-state index is 0. The van der Waals surface area contributed by atoms with Crippen LogP contribution in [0, 0.1) is 0 Å². The average Bonchev–Trinajstić information content (AvgIpc) is 2.43. The summed E-state index contributed by atoms with van der Waals surface area (Å²) in [5.41, 5.74) is 2.20. The molecule has 21 heavy (non-hydrogen) atoms.